The van der Waals surface area contributed by atoms with Crippen molar-refractivity contribution in [3.8, 4) is 0 Å². The Morgan fingerprint density at radius 1 is 1.18 bits per heavy atom. The van der Waals surface area contributed by atoms with Crippen LogP contribution in [0.1, 0.15) is 49.0 Å². The van der Waals surface area contributed by atoms with E-state index in [2.05, 4.69) is 24.5 Å². The molecule has 0 radical (unpaired) electrons. The average molecular weight is 304 g/mol. The van der Waals surface area contributed by atoms with E-state index in [4.69, 9.17) is 5.11 Å². The number of carbonyl (C=O) groups excluding carboxylic acids is 1. The van der Waals surface area contributed by atoms with E-state index in [1.807, 2.05) is 0 Å². The van der Waals surface area contributed by atoms with Crippen molar-refractivity contribution in [3.63, 3.8) is 0 Å². The van der Waals surface area contributed by atoms with Gasteiger partial charge in [0.25, 0.3) is 0 Å². The van der Waals surface area contributed by atoms with Gasteiger partial charge in [0.15, 0.2) is 0 Å². The number of urea groups is 1. The Bertz CT molecular complexity index is 533. The highest BCUT2D eigenvalue weighted by Gasteiger charge is 2.42. The number of nitrogens with one attached hydrogen (secondary N) is 2. The van der Waals surface area contributed by atoms with E-state index in [0.29, 0.717) is 17.9 Å². The summed E-state index contributed by atoms with van der Waals surface area (Å²) in [5.74, 6) is -0.294. The third-order valence-electron chi connectivity index (χ3n) is 4.08. The third-order valence-corrected chi connectivity index (χ3v) is 4.08. The number of carboxylic acid groups (broad SMARTS) is 1. The lowest BCUT2D eigenvalue weighted by Crippen LogP contribution is -2.38. The molecule has 0 saturated heterocycles. The Labute approximate surface area is 131 Å². The summed E-state index contributed by atoms with van der Waals surface area (Å²) < 4.78 is 0. The van der Waals surface area contributed by atoms with Gasteiger partial charge >= 0.3 is 12.0 Å². The smallest absolute Gasteiger partial charge is 0.335 e. The summed E-state index contributed by atoms with van der Waals surface area (Å²) in [7, 11) is 0. The van der Waals surface area contributed by atoms with Crippen LogP contribution < -0.4 is 10.6 Å². The number of benzene rings is 1. The van der Waals surface area contributed by atoms with Gasteiger partial charge in [-0.15, -0.1) is 0 Å². The Morgan fingerprint density at radius 2 is 1.82 bits per heavy atom. The summed E-state index contributed by atoms with van der Waals surface area (Å²) >= 11 is 0. The zero-order valence-electron chi connectivity index (χ0n) is 13.2. The van der Waals surface area contributed by atoms with E-state index >= 15 is 0 Å². The number of amides is 2. The predicted molar refractivity (Wildman–Crippen MR) is 84.8 cm³/mol. The summed E-state index contributed by atoms with van der Waals surface area (Å²) in [5.41, 5.74) is 1.44. The summed E-state index contributed by atoms with van der Waals surface area (Å²) in [6.45, 7) is 5.54. The first-order valence-corrected chi connectivity index (χ1v) is 7.74. The van der Waals surface area contributed by atoms with Crippen molar-refractivity contribution in [3.05, 3.63) is 35.4 Å². The molecule has 5 nitrogen and oxygen atoms in total. The lowest BCUT2D eigenvalue weighted by molar-refractivity contribution is 0.0697. The molecule has 1 aliphatic carbocycles. The van der Waals surface area contributed by atoms with Crippen molar-refractivity contribution in [2.24, 2.45) is 11.3 Å². The fourth-order valence-corrected chi connectivity index (χ4v) is 2.77. The monoisotopic (exact) mass is 304 g/mol. The number of aromatic carboxylic acids is 1. The molecule has 0 aromatic heterocycles. The minimum absolute atomic E-state index is 0.169. The maximum atomic E-state index is 11.8. The Balaban J connectivity index is 1.72. The van der Waals surface area contributed by atoms with Gasteiger partial charge in [-0.25, -0.2) is 9.59 Å². The topological polar surface area (TPSA) is 78.4 Å². The van der Waals surface area contributed by atoms with Gasteiger partial charge in [-0.3, -0.25) is 0 Å². The number of carboxylic acids is 1. The van der Waals surface area contributed by atoms with Gasteiger partial charge in [0.05, 0.1) is 5.56 Å². The lowest BCUT2D eigenvalue weighted by atomic mass is 9.94. The van der Waals surface area contributed by atoms with Crippen LogP contribution in [-0.2, 0) is 6.54 Å². The zero-order valence-corrected chi connectivity index (χ0v) is 13.2. The minimum Gasteiger partial charge on any atom is -0.478 e. The fraction of sp³-hybridized carbons (Fsp3) is 0.529. The summed E-state index contributed by atoms with van der Waals surface area (Å²) in [6, 6.07) is 6.34. The molecule has 1 fully saturated rings. The minimum atomic E-state index is -0.947. The Morgan fingerprint density at radius 3 is 2.32 bits per heavy atom. The van der Waals surface area contributed by atoms with Crippen LogP contribution in [0, 0.1) is 11.3 Å². The van der Waals surface area contributed by atoms with E-state index < -0.39 is 5.97 Å². The van der Waals surface area contributed by atoms with Crippen molar-refractivity contribution < 1.29 is 14.7 Å². The van der Waals surface area contributed by atoms with E-state index in [9.17, 15) is 9.59 Å². The molecule has 2 rings (SSSR count). The SMILES string of the molecule is CC(C)CC1(CNC(=O)NCc2ccc(C(=O)O)cc2)CC1. The maximum Gasteiger partial charge on any atom is 0.335 e. The first kappa shape index (κ1) is 16.3. The highest BCUT2D eigenvalue weighted by atomic mass is 16.4. The second-order valence-corrected chi connectivity index (χ2v) is 6.64. The molecule has 1 aliphatic rings. The van der Waals surface area contributed by atoms with Crippen LogP contribution in [0.5, 0.6) is 0 Å². The number of hydrogen-bond acceptors (Lipinski definition) is 2. The van der Waals surface area contributed by atoms with Crippen molar-refractivity contribution >= 4 is 12.0 Å². The van der Waals surface area contributed by atoms with Gasteiger partial charge in [-0.05, 0) is 48.3 Å². The van der Waals surface area contributed by atoms with Crippen molar-refractivity contribution in [2.45, 2.75) is 39.7 Å². The van der Waals surface area contributed by atoms with Gasteiger partial charge in [-0.1, -0.05) is 26.0 Å². The van der Waals surface area contributed by atoms with E-state index in [1.165, 1.54) is 12.8 Å². The van der Waals surface area contributed by atoms with E-state index in [1.54, 1.807) is 24.3 Å². The molecule has 0 heterocycles. The standard InChI is InChI=1S/C17H24N2O3/c1-12(2)9-17(7-8-17)11-19-16(22)18-10-13-3-5-14(6-4-13)15(20)21/h3-6,12H,7-11H2,1-2H3,(H,20,21)(H2,18,19,22). The molecule has 0 bridgehead atoms. The molecule has 22 heavy (non-hydrogen) atoms. The van der Waals surface area contributed by atoms with Crippen molar-refractivity contribution in [2.75, 3.05) is 6.54 Å². The van der Waals surface area contributed by atoms with Crippen molar-refractivity contribution in [1.29, 1.82) is 0 Å². The van der Waals surface area contributed by atoms with Gasteiger partial charge in [0, 0.05) is 13.1 Å². The highest BCUT2D eigenvalue weighted by Crippen LogP contribution is 2.49. The Kier molecular flexibility index (Phi) is 5.06. The summed E-state index contributed by atoms with van der Waals surface area (Å²) in [4.78, 5) is 22.6. The van der Waals surface area contributed by atoms with Gasteiger partial charge in [-0.2, -0.15) is 0 Å². The molecule has 1 saturated carbocycles. The average Bonchev–Trinajstić information content (AvgIpc) is 3.22. The molecule has 3 N–H and O–H groups in total. The lowest BCUT2D eigenvalue weighted by Gasteiger charge is -2.18. The number of hydrogen-bond donors (Lipinski definition) is 3. The van der Waals surface area contributed by atoms with Crippen LogP contribution >= 0.6 is 0 Å². The summed E-state index contributed by atoms with van der Waals surface area (Å²) in [5, 5.41) is 14.6. The molecule has 0 unspecified atom stereocenters. The second-order valence-electron chi connectivity index (χ2n) is 6.64. The molecule has 2 amide bonds. The van der Waals surface area contributed by atoms with Crippen LogP contribution in [-0.4, -0.2) is 23.7 Å². The normalized spacial score (nSPS) is 15.4. The molecule has 1 aromatic rings. The zero-order chi connectivity index (χ0) is 16.2. The molecule has 120 valence electrons. The molecule has 5 heteroatoms. The largest absolute Gasteiger partial charge is 0.478 e. The highest BCUT2D eigenvalue weighted by molar-refractivity contribution is 5.87. The molecular formula is C17H24N2O3. The molecule has 0 spiro atoms. The molecule has 0 atom stereocenters. The van der Waals surface area contributed by atoms with Gasteiger partial charge < -0.3 is 15.7 Å². The second kappa shape index (κ2) is 6.81. The molecule has 1 aromatic carbocycles. The number of rotatable bonds is 7. The van der Waals surface area contributed by atoms with E-state index in [0.717, 1.165) is 18.5 Å². The number of carbonyl (C=O) groups is 2. The van der Waals surface area contributed by atoms with Gasteiger partial charge in [0.2, 0.25) is 0 Å². The van der Waals surface area contributed by atoms with Gasteiger partial charge in [0.1, 0.15) is 0 Å². The van der Waals surface area contributed by atoms with Crippen molar-refractivity contribution in [1.82, 2.24) is 10.6 Å². The van der Waals surface area contributed by atoms with Crippen LogP contribution in [0.25, 0.3) is 0 Å². The van der Waals surface area contributed by atoms with Crippen LogP contribution in [0.4, 0.5) is 4.79 Å². The summed E-state index contributed by atoms with van der Waals surface area (Å²) in [6.07, 6.45) is 3.55. The molecule has 0 aliphatic heterocycles. The van der Waals surface area contributed by atoms with E-state index in [-0.39, 0.29) is 11.6 Å². The molecular weight excluding hydrogens is 280 g/mol. The predicted octanol–water partition coefficient (Wildman–Crippen LogP) is 3.01. The first-order valence-electron chi connectivity index (χ1n) is 7.74. The van der Waals surface area contributed by atoms with Crippen LogP contribution in [0.2, 0.25) is 0 Å². The Hall–Kier alpha value is -2.04. The fourth-order valence-electron chi connectivity index (χ4n) is 2.77. The third kappa shape index (κ3) is 4.76. The maximum absolute atomic E-state index is 11.8. The van der Waals surface area contributed by atoms with Crippen LogP contribution in [0.3, 0.4) is 0 Å². The quantitative estimate of drug-likeness (QED) is 0.724. The van der Waals surface area contributed by atoms with Crippen LogP contribution in [0.15, 0.2) is 24.3 Å². The first-order chi connectivity index (χ1) is 10.4.